The Labute approximate surface area is 218 Å². The van der Waals surface area contributed by atoms with E-state index in [-0.39, 0.29) is 18.1 Å². The Morgan fingerprint density at radius 2 is 1.69 bits per heavy atom. The molecular formula is C25H34ClN3O6S. The molecule has 198 valence electrons. The maximum absolute atomic E-state index is 13.6. The summed E-state index contributed by atoms with van der Waals surface area (Å²) in [5, 5.41) is 3.38. The van der Waals surface area contributed by atoms with Crippen LogP contribution in [-0.2, 0) is 26.2 Å². The Morgan fingerprint density at radius 3 is 2.25 bits per heavy atom. The molecule has 0 aliphatic heterocycles. The van der Waals surface area contributed by atoms with Crippen LogP contribution in [0.1, 0.15) is 32.3 Å². The van der Waals surface area contributed by atoms with Gasteiger partial charge in [-0.25, -0.2) is 8.42 Å². The highest BCUT2D eigenvalue weighted by Crippen LogP contribution is 2.32. The monoisotopic (exact) mass is 539 g/mol. The number of amides is 2. The fourth-order valence-electron chi connectivity index (χ4n) is 3.50. The number of carbonyl (C=O) groups is 2. The summed E-state index contributed by atoms with van der Waals surface area (Å²) in [6.45, 7) is 3.72. The lowest BCUT2D eigenvalue weighted by molar-refractivity contribution is -0.139. The van der Waals surface area contributed by atoms with Crippen LogP contribution in [0.5, 0.6) is 11.5 Å². The first-order valence-corrected chi connectivity index (χ1v) is 13.8. The largest absolute Gasteiger partial charge is 0.493 e. The third-order valence-electron chi connectivity index (χ3n) is 5.60. The molecule has 0 unspecified atom stereocenters. The summed E-state index contributed by atoms with van der Waals surface area (Å²) >= 11 is 5.99. The lowest BCUT2D eigenvalue weighted by Gasteiger charge is -2.31. The molecule has 2 rings (SSSR count). The lowest BCUT2D eigenvalue weighted by atomic mass is 10.1. The van der Waals surface area contributed by atoms with Crippen LogP contribution in [0.15, 0.2) is 42.5 Å². The zero-order valence-corrected chi connectivity index (χ0v) is 22.9. The Morgan fingerprint density at radius 1 is 1.06 bits per heavy atom. The normalized spacial score (nSPS) is 11.9. The predicted octanol–water partition coefficient (Wildman–Crippen LogP) is 3.46. The van der Waals surface area contributed by atoms with Crippen LogP contribution < -0.4 is 19.1 Å². The first-order chi connectivity index (χ1) is 17.0. The van der Waals surface area contributed by atoms with Crippen LogP contribution in [-0.4, -0.2) is 64.7 Å². The molecule has 1 atom stereocenters. The Hall–Kier alpha value is -2.98. The highest BCUT2D eigenvalue weighted by Gasteiger charge is 2.30. The van der Waals surface area contributed by atoms with Crippen molar-refractivity contribution in [1.82, 2.24) is 10.2 Å². The molecule has 0 bridgehead atoms. The van der Waals surface area contributed by atoms with Crippen molar-refractivity contribution < 1.29 is 27.5 Å². The number of sulfonamides is 1. The summed E-state index contributed by atoms with van der Waals surface area (Å²) < 4.78 is 36.9. The van der Waals surface area contributed by atoms with Gasteiger partial charge >= 0.3 is 0 Å². The second kappa shape index (κ2) is 13.4. The van der Waals surface area contributed by atoms with Crippen LogP contribution in [0.3, 0.4) is 0 Å². The van der Waals surface area contributed by atoms with E-state index in [0.29, 0.717) is 23.1 Å². The zero-order valence-electron chi connectivity index (χ0n) is 21.3. The smallest absolute Gasteiger partial charge is 0.244 e. The Bertz CT molecular complexity index is 1140. The third kappa shape index (κ3) is 8.03. The van der Waals surface area contributed by atoms with Gasteiger partial charge in [-0.1, -0.05) is 37.1 Å². The van der Waals surface area contributed by atoms with Gasteiger partial charge < -0.3 is 19.7 Å². The molecule has 36 heavy (non-hydrogen) atoms. The van der Waals surface area contributed by atoms with Gasteiger partial charge in [0.2, 0.25) is 21.8 Å². The molecule has 0 saturated carbocycles. The molecule has 9 nitrogen and oxygen atoms in total. The number of methoxy groups -OCH3 is 2. The van der Waals surface area contributed by atoms with Gasteiger partial charge in [-0.2, -0.15) is 0 Å². The van der Waals surface area contributed by atoms with Crippen molar-refractivity contribution in [2.45, 2.75) is 39.3 Å². The highest BCUT2D eigenvalue weighted by molar-refractivity contribution is 7.92. The van der Waals surface area contributed by atoms with E-state index in [1.165, 1.54) is 31.3 Å². The summed E-state index contributed by atoms with van der Waals surface area (Å²) in [7, 11) is -0.958. The van der Waals surface area contributed by atoms with Gasteiger partial charge in [-0.15, -0.1) is 0 Å². The second-order valence-electron chi connectivity index (χ2n) is 8.28. The lowest BCUT2D eigenvalue weighted by Crippen LogP contribution is -2.51. The van der Waals surface area contributed by atoms with Crippen molar-refractivity contribution in [1.29, 1.82) is 0 Å². The van der Waals surface area contributed by atoms with Crippen molar-refractivity contribution in [2.75, 3.05) is 37.9 Å². The molecular weight excluding hydrogens is 506 g/mol. The molecule has 11 heteroatoms. The number of halogens is 1. The topological polar surface area (TPSA) is 105 Å². The van der Waals surface area contributed by atoms with Crippen molar-refractivity contribution in [3.05, 3.63) is 53.1 Å². The van der Waals surface area contributed by atoms with E-state index in [2.05, 4.69) is 5.32 Å². The Balaban J connectivity index is 2.39. The molecule has 0 saturated heterocycles. The van der Waals surface area contributed by atoms with Crippen molar-refractivity contribution >= 4 is 39.1 Å². The number of carbonyl (C=O) groups excluding carboxylic acids is 2. The quantitative estimate of drug-likeness (QED) is 0.391. The van der Waals surface area contributed by atoms with Crippen LogP contribution in [0.25, 0.3) is 0 Å². The van der Waals surface area contributed by atoms with Crippen LogP contribution >= 0.6 is 11.6 Å². The molecule has 2 aromatic carbocycles. The maximum Gasteiger partial charge on any atom is 0.244 e. The van der Waals surface area contributed by atoms with Gasteiger partial charge in [0, 0.05) is 24.2 Å². The number of hydrogen-bond acceptors (Lipinski definition) is 6. The van der Waals surface area contributed by atoms with Crippen LogP contribution in [0, 0.1) is 0 Å². The van der Waals surface area contributed by atoms with Gasteiger partial charge in [0.1, 0.15) is 12.6 Å². The molecule has 0 aliphatic rings. The third-order valence-corrected chi connectivity index (χ3v) is 6.99. The number of nitrogens with one attached hydrogen (secondary N) is 1. The zero-order chi connectivity index (χ0) is 26.9. The summed E-state index contributed by atoms with van der Waals surface area (Å²) in [5.74, 6) is -0.119. The van der Waals surface area contributed by atoms with E-state index < -0.39 is 28.5 Å². The van der Waals surface area contributed by atoms with E-state index in [1.807, 2.05) is 6.92 Å². The SMILES string of the molecule is CCCCNC(=O)[C@@H](C)N(Cc1ccc(Cl)cc1)C(=O)CN(c1ccc(OC)c(OC)c1)S(C)(=O)=O. The molecule has 0 aromatic heterocycles. The summed E-state index contributed by atoms with van der Waals surface area (Å²) in [6.07, 6.45) is 2.74. The highest BCUT2D eigenvalue weighted by atomic mass is 35.5. The molecule has 2 aromatic rings. The number of anilines is 1. The summed E-state index contributed by atoms with van der Waals surface area (Å²) in [6, 6.07) is 10.6. The number of ether oxygens (including phenoxy) is 2. The van der Waals surface area contributed by atoms with Gasteiger partial charge in [-0.05, 0) is 43.2 Å². The van der Waals surface area contributed by atoms with Crippen molar-refractivity contribution in [3.63, 3.8) is 0 Å². The van der Waals surface area contributed by atoms with Gasteiger partial charge in [-0.3, -0.25) is 13.9 Å². The fourth-order valence-corrected chi connectivity index (χ4v) is 4.47. The average Bonchev–Trinajstić information content (AvgIpc) is 2.85. The minimum absolute atomic E-state index is 0.0991. The number of nitrogens with zero attached hydrogens (tertiary/aromatic N) is 2. The van der Waals surface area contributed by atoms with E-state index in [1.54, 1.807) is 37.3 Å². The molecule has 0 heterocycles. The van der Waals surface area contributed by atoms with Crippen molar-refractivity contribution in [3.8, 4) is 11.5 Å². The number of hydrogen-bond donors (Lipinski definition) is 1. The molecule has 0 spiro atoms. The number of benzene rings is 2. The van der Waals surface area contributed by atoms with Crippen LogP contribution in [0.4, 0.5) is 5.69 Å². The fraction of sp³-hybridized carbons (Fsp3) is 0.440. The minimum atomic E-state index is -3.86. The number of unbranched alkanes of at least 4 members (excludes halogenated alkanes) is 1. The standard InChI is InChI=1S/C25H34ClN3O6S/c1-6-7-14-27-25(31)18(2)28(16-19-8-10-20(26)11-9-19)24(30)17-29(36(5,32)33)21-12-13-22(34-3)23(15-21)35-4/h8-13,15,18H,6-7,14,16-17H2,1-5H3,(H,27,31)/t18-/m1/s1. The molecule has 0 radical (unpaired) electrons. The molecule has 2 amide bonds. The van der Waals surface area contributed by atoms with Crippen molar-refractivity contribution in [2.24, 2.45) is 0 Å². The molecule has 0 fully saturated rings. The molecule has 1 N–H and O–H groups in total. The maximum atomic E-state index is 13.6. The first-order valence-electron chi connectivity index (χ1n) is 11.5. The number of rotatable bonds is 13. The van der Waals surface area contributed by atoms with Gasteiger partial charge in [0.25, 0.3) is 0 Å². The summed E-state index contributed by atoms with van der Waals surface area (Å²) in [4.78, 5) is 27.7. The van der Waals surface area contributed by atoms with E-state index in [4.69, 9.17) is 21.1 Å². The average molecular weight is 540 g/mol. The first kappa shape index (κ1) is 29.3. The van der Waals surface area contributed by atoms with Gasteiger partial charge in [0.15, 0.2) is 11.5 Å². The van der Waals surface area contributed by atoms with E-state index in [0.717, 1.165) is 29.0 Å². The summed E-state index contributed by atoms with van der Waals surface area (Å²) in [5.41, 5.74) is 0.980. The second-order valence-corrected chi connectivity index (χ2v) is 10.6. The van der Waals surface area contributed by atoms with E-state index in [9.17, 15) is 18.0 Å². The molecule has 0 aliphatic carbocycles. The Kier molecular flexibility index (Phi) is 10.9. The van der Waals surface area contributed by atoms with E-state index >= 15 is 0 Å². The van der Waals surface area contributed by atoms with Crippen LogP contribution in [0.2, 0.25) is 5.02 Å². The van der Waals surface area contributed by atoms with Gasteiger partial charge in [0.05, 0.1) is 26.2 Å². The predicted molar refractivity (Wildman–Crippen MR) is 141 cm³/mol. The minimum Gasteiger partial charge on any atom is -0.493 e.